The lowest BCUT2D eigenvalue weighted by atomic mass is 9.80. The van der Waals surface area contributed by atoms with Crippen LogP contribution in [0.3, 0.4) is 0 Å². The van der Waals surface area contributed by atoms with E-state index in [-0.39, 0.29) is 11.7 Å². The average Bonchev–Trinajstić information content (AvgIpc) is 3.22. The van der Waals surface area contributed by atoms with Gasteiger partial charge in [0.05, 0.1) is 7.11 Å². The van der Waals surface area contributed by atoms with Crippen molar-refractivity contribution in [3.8, 4) is 11.5 Å². The van der Waals surface area contributed by atoms with Crippen LogP contribution < -0.4 is 9.47 Å². The first-order chi connectivity index (χ1) is 17.2. The maximum Gasteiger partial charge on any atom is 0.165 e. The van der Waals surface area contributed by atoms with Gasteiger partial charge in [0.2, 0.25) is 0 Å². The number of halogens is 1. The van der Waals surface area contributed by atoms with Crippen molar-refractivity contribution in [3.63, 3.8) is 0 Å². The van der Waals surface area contributed by atoms with E-state index < -0.39 is 0 Å². The first-order valence-electron chi connectivity index (χ1n) is 12.9. The van der Waals surface area contributed by atoms with Gasteiger partial charge >= 0.3 is 0 Å². The molecule has 3 aromatic carbocycles. The molecule has 180 valence electrons. The van der Waals surface area contributed by atoms with E-state index in [1.54, 1.807) is 6.07 Å². The third-order valence-electron chi connectivity index (χ3n) is 7.86. The molecule has 3 aromatic rings. The van der Waals surface area contributed by atoms with E-state index >= 15 is 0 Å². The number of nitrogens with zero attached hydrogens (tertiary/aromatic N) is 1. The van der Waals surface area contributed by atoms with Gasteiger partial charge in [-0.3, -0.25) is 4.90 Å². The molecule has 2 aliphatic carbocycles. The van der Waals surface area contributed by atoms with Crippen molar-refractivity contribution in [2.24, 2.45) is 0 Å². The number of piperidine rings is 1. The van der Waals surface area contributed by atoms with Crippen LogP contribution >= 0.6 is 0 Å². The number of hydrogen-bond acceptors (Lipinski definition) is 3. The van der Waals surface area contributed by atoms with Gasteiger partial charge in [-0.25, -0.2) is 4.39 Å². The van der Waals surface area contributed by atoms with Crippen LogP contribution in [0.4, 0.5) is 4.39 Å². The largest absolute Gasteiger partial charge is 0.494 e. The summed E-state index contributed by atoms with van der Waals surface area (Å²) in [7, 11) is 1.53. The lowest BCUT2D eigenvalue weighted by Gasteiger charge is -2.26. The van der Waals surface area contributed by atoms with Gasteiger partial charge in [0.25, 0.3) is 0 Å². The van der Waals surface area contributed by atoms with Gasteiger partial charge in [0.15, 0.2) is 11.6 Å². The SMILES string of the molecule is COc1cc2c(cc1F)C(c1ccc(OCCN3CCCCC3)cc1)C1=C2CCc2ccccc21. The molecule has 1 atom stereocenters. The molecular formula is C31H32FNO2. The van der Waals surface area contributed by atoms with Crippen LogP contribution in [-0.4, -0.2) is 38.3 Å². The molecule has 1 saturated heterocycles. The second-order valence-electron chi connectivity index (χ2n) is 9.88. The Morgan fingerprint density at radius 2 is 1.71 bits per heavy atom. The third-order valence-corrected chi connectivity index (χ3v) is 7.86. The number of methoxy groups -OCH3 is 1. The fourth-order valence-corrected chi connectivity index (χ4v) is 6.13. The lowest BCUT2D eigenvalue weighted by Crippen LogP contribution is -2.33. The first-order valence-corrected chi connectivity index (χ1v) is 12.9. The number of aryl methyl sites for hydroxylation is 1. The molecule has 0 aromatic heterocycles. The van der Waals surface area contributed by atoms with E-state index in [4.69, 9.17) is 9.47 Å². The zero-order valence-electron chi connectivity index (χ0n) is 20.4. The summed E-state index contributed by atoms with van der Waals surface area (Å²) < 4.78 is 26.3. The van der Waals surface area contributed by atoms with Crippen molar-refractivity contribution >= 4 is 11.1 Å². The molecule has 0 radical (unpaired) electrons. The van der Waals surface area contributed by atoms with Crippen LogP contribution in [-0.2, 0) is 6.42 Å². The topological polar surface area (TPSA) is 21.7 Å². The molecule has 0 bridgehead atoms. The summed E-state index contributed by atoms with van der Waals surface area (Å²) in [5.74, 6) is 0.905. The van der Waals surface area contributed by atoms with Crippen LogP contribution in [0.2, 0.25) is 0 Å². The van der Waals surface area contributed by atoms with E-state index in [2.05, 4.69) is 53.4 Å². The molecule has 35 heavy (non-hydrogen) atoms. The Labute approximate surface area is 207 Å². The highest BCUT2D eigenvalue weighted by molar-refractivity contribution is 6.03. The van der Waals surface area contributed by atoms with E-state index in [1.165, 1.54) is 67.3 Å². The number of ether oxygens (including phenoxy) is 2. The highest BCUT2D eigenvalue weighted by Crippen LogP contribution is 2.55. The first kappa shape index (κ1) is 22.4. The second kappa shape index (κ2) is 9.50. The Kier molecular flexibility index (Phi) is 6.07. The van der Waals surface area contributed by atoms with Crippen molar-refractivity contribution < 1.29 is 13.9 Å². The maximum atomic E-state index is 14.9. The van der Waals surface area contributed by atoms with Gasteiger partial charge in [-0.05, 0) is 102 Å². The fourth-order valence-electron chi connectivity index (χ4n) is 6.13. The average molecular weight is 470 g/mol. The molecule has 1 aliphatic heterocycles. The second-order valence-corrected chi connectivity index (χ2v) is 9.88. The van der Waals surface area contributed by atoms with Gasteiger partial charge in [-0.1, -0.05) is 42.8 Å². The molecule has 1 heterocycles. The van der Waals surface area contributed by atoms with E-state index in [0.29, 0.717) is 12.4 Å². The number of hydrogen-bond donors (Lipinski definition) is 0. The molecule has 6 rings (SSSR count). The van der Waals surface area contributed by atoms with Crippen molar-refractivity contribution in [2.45, 2.75) is 38.0 Å². The van der Waals surface area contributed by atoms with Crippen LogP contribution in [0.1, 0.15) is 59.4 Å². The summed E-state index contributed by atoms with van der Waals surface area (Å²) in [6, 6.07) is 20.7. The quantitative estimate of drug-likeness (QED) is 0.401. The predicted octanol–water partition coefficient (Wildman–Crippen LogP) is 6.70. The van der Waals surface area contributed by atoms with Crippen LogP contribution in [0.5, 0.6) is 11.5 Å². The highest BCUT2D eigenvalue weighted by atomic mass is 19.1. The molecule has 3 nitrogen and oxygen atoms in total. The number of likely N-dealkylation sites (tertiary alicyclic amines) is 1. The van der Waals surface area contributed by atoms with Gasteiger partial charge in [-0.2, -0.15) is 0 Å². The molecule has 3 aliphatic rings. The van der Waals surface area contributed by atoms with E-state index in [0.717, 1.165) is 36.3 Å². The molecule has 0 amide bonds. The molecule has 4 heteroatoms. The molecule has 0 saturated carbocycles. The van der Waals surface area contributed by atoms with Crippen molar-refractivity contribution in [1.82, 2.24) is 4.90 Å². The Morgan fingerprint density at radius 1 is 0.914 bits per heavy atom. The Hall–Kier alpha value is -3.11. The zero-order chi connectivity index (χ0) is 23.8. The number of allylic oxidation sites excluding steroid dienone is 2. The van der Waals surface area contributed by atoms with Crippen molar-refractivity contribution in [3.05, 3.63) is 94.3 Å². The number of fused-ring (bicyclic) bond motifs is 4. The predicted molar refractivity (Wildman–Crippen MR) is 139 cm³/mol. The third kappa shape index (κ3) is 4.14. The standard InChI is InChI=1S/C31H32FNO2/c1-34-29-20-26-25-14-11-21-7-3-4-8-24(21)31(25)30(27(26)19-28(29)32)22-9-12-23(13-10-22)35-18-17-33-15-5-2-6-16-33/h3-4,7-10,12-13,19-20,30H,2,5-6,11,14-18H2,1H3. The van der Waals surface area contributed by atoms with E-state index in [1.807, 2.05) is 6.07 Å². The normalized spacial score (nSPS) is 19.2. The minimum absolute atomic E-state index is 0.00394. The summed E-state index contributed by atoms with van der Waals surface area (Å²) in [5, 5.41) is 0. The van der Waals surface area contributed by atoms with Gasteiger partial charge < -0.3 is 9.47 Å². The van der Waals surface area contributed by atoms with Gasteiger partial charge in [0, 0.05) is 12.5 Å². The van der Waals surface area contributed by atoms with Crippen molar-refractivity contribution in [2.75, 3.05) is 33.4 Å². The maximum absolute atomic E-state index is 14.9. The highest BCUT2D eigenvalue weighted by Gasteiger charge is 2.37. The zero-order valence-corrected chi connectivity index (χ0v) is 20.4. The summed E-state index contributed by atoms with van der Waals surface area (Å²) in [6.45, 7) is 4.05. The molecular weight excluding hydrogens is 437 g/mol. The minimum Gasteiger partial charge on any atom is -0.494 e. The molecule has 1 fully saturated rings. The van der Waals surface area contributed by atoms with Gasteiger partial charge in [-0.15, -0.1) is 0 Å². The van der Waals surface area contributed by atoms with Crippen LogP contribution in [0, 0.1) is 5.82 Å². The van der Waals surface area contributed by atoms with Crippen molar-refractivity contribution in [1.29, 1.82) is 0 Å². The molecule has 0 N–H and O–H groups in total. The minimum atomic E-state index is -0.304. The van der Waals surface area contributed by atoms with E-state index in [9.17, 15) is 4.39 Å². The number of rotatable bonds is 6. The molecule has 0 spiro atoms. The summed E-state index contributed by atoms with van der Waals surface area (Å²) >= 11 is 0. The summed E-state index contributed by atoms with van der Waals surface area (Å²) in [4.78, 5) is 2.49. The Morgan fingerprint density at radius 3 is 2.51 bits per heavy atom. The Balaban J connectivity index is 1.31. The van der Waals surface area contributed by atoms with Gasteiger partial charge in [0.1, 0.15) is 12.4 Å². The lowest BCUT2D eigenvalue weighted by molar-refractivity contribution is 0.183. The summed E-state index contributed by atoms with van der Waals surface area (Å²) in [5.41, 5.74) is 8.62. The Bertz CT molecular complexity index is 1260. The summed E-state index contributed by atoms with van der Waals surface area (Å²) in [6.07, 6.45) is 5.91. The smallest absolute Gasteiger partial charge is 0.165 e. The fraction of sp³-hybridized carbons (Fsp3) is 0.355. The van der Waals surface area contributed by atoms with Crippen LogP contribution in [0.15, 0.2) is 60.7 Å². The van der Waals surface area contributed by atoms with Crippen LogP contribution in [0.25, 0.3) is 11.1 Å². The molecule has 1 unspecified atom stereocenters. The monoisotopic (exact) mass is 469 g/mol. The number of benzene rings is 3.